The second-order valence-corrected chi connectivity index (χ2v) is 6.48. The van der Waals surface area contributed by atoms with Gasteiger partial charge in [0.15, 0.2) is 0 Å². The molecular weight excluding hydrogens is 312 g/mol. The van der Waals surface area contributed by atoms with Crippen LogP contribution in [0.1, 0.15) is 40.0 Å². The fraction of sp³-hybridized carbons (Fsp3) is 0.333. The molecule has 0 aromatic heterocycles. The normalized spacial score (nSPS) is 12.0. The predicted molar refractivity (Wildman–Crippen MR) is 101 cm³/mol. The molecule has 2 aromatic rings. The third kappa shape index (κ3) is 5.00. The fourth-order valence-electron chi connectivity index (χ4n) is 2.68. The Morgan fingerprint density at radius 2 is 1.60 bits per heavy atom. The minimum absolute atomic E-state index is 0.0145. The molecule has 0 radical (unpaired) electrons. The van der Waals surface area contributed by atoms with Gasteiger partial charge >= 0.3 is 0 Å². The molecule has 1 amide bonds. The summed E-state index contributed by atoms with van der Waals surface area (Å²) in [5.74, 6) is -1.07. The van der Waals surface area contributed by atoms with Crippen LogP contribution < -0.4 is 5.32 Å². The SMILES string of the molecule is CCc1ccc(C(CNC(=O)C(=O)c2ccc(C)cc2)N(C)C)cc1. The summed E-state index contributed by atoms with van der Waals surface area (Å²) in [5, 5.41) is 2.77. The Morgan fingerprint density at radius 3 is 2.12 bits per heavy atom. The first-order valence-electron chi connectivity index (χ1n) is 8.56. The Labute approximate surface area is 149 Å². The molecule has 2 aromatic carbocycles. The lowest BCUT2D eigenvalue weighted by molar-refractivity contribution is -0.117. The highest BCUT2D eigenvalue weighted by Gasteiger charge is 2.19. The number of amides is 1. The molecule has 1 unspecified atom stereocenters. The van der Waals surface area contributed by atoms with Gasteiger partial charge in [0.1, 0.15) is 0 Å². The number of rotatable bonds is 7. The van der Waals surface area contributed by atoms with Gasteiger partial charge in [-0.25, -0.2) is 0 Å². The lowest BCUT2D eigenvalue weighted by Crippen LogP contribution is -2.38. The van der Waals surface area contributed by atoms with Crippen molar-refractivity contribution in [3.8, 4) is 0 Å². The topological polar surface area (TPSA) is 49.4 Å². The maximum atomic E-state index is 12.2. The van der Waals surface area contributed by atoms with E-state index < -0.39 is 11.7 Å². The summed E-state index contributed by atoms with van der Waals surface area (Å²) in [6.45, 7) is 4.45. The van der Waals surface area contributed by atoms with Crippen molar-refractivity contribution < 1.29 is 9.59 Å². The molecule has 0 fully saturated rings. The first kappa shape index (κ1) is 18.9. The van der Waals surface area contributed by atoms with Crippen LogP contribution in [0.15, 0.2) is 48.5 Å². The average Bonchev–Trinajstić information content (AvgIpc) is 2.62. The zero-order valence-electron chi connectivity index (χ0n) is 15.4. The Kier molecular flexibility index (Phi) is 6.48. The van der Waals surface area contributed by atoms with E-state index in [9.17, 15) is 9.59 Å². The fourth-order valence-corrected chi connectivity index (χ4v) is 2.68. The summed E-state index contributed by atoms with van der Waals surface area (Å²) >= 11 is 0. The van der Waals surface area contributed by atoms with E-state index in [4.69, 9.17) is 0 Å². The Hall–Kier alpha value is -2.46. The van der Waals surface area contributed by atoms with E-state index in [1.165, 1.54) is 5.56 Å². The van der Waals surface area contributed by atoms with Crippen molar-refractivity contribution in [2.24, 2.45) is 0 Å². The number of ketones is 1. The van der Waals surface area contributed by atoms with Gasteiger partial charge in [0.05, 0.1) is 6.04 Å². The van der Waals surface area contributed by atoms with Gasteiger partial charge in [0, 0.05) is 12.1 Å². The van der Waals surface area contributed by atoms with Gasteiger partial charge < -0.3 is 10.2 Å². The van der Waals surface area contributed by atoms with Crippen molar-refractivity contribution in [3.63, 3.8) is 0 Å². The predicted octanol–water partition coefficient (Wildman–Crippen LogP) is 3.16. The number of aryl methyl sites for hydroxylation is 2. The van der Waals surface area contributed by atoms with Crippen LogP contribution in [-0.2, 0) is 11.2 Å². The molecule has 25 heavy (non-hydrogen) atoms. The highest BCUT2D eigenvalue weighted by Crippen LogP contribution is 2.18. The second kappa shape index (κ2) is 8.58. The summed E-state index contributed by atoms with van der Waals surface area (Å²) in [7, 11) is 3.93. The van der Waals surface area contributed by atoms with Crippen molar-refractivity contribution in [1.29, 1.82) is 0 Å². The first-order valence-corrected chi connectivity index (χ1v) is 8.56. The maximum Gasteiger partial charge on any atom is 0.292 e. The molecule has 0 saturated heterocycles. The Morgan fingerprint density at radius 1 is 1.00 bits per heavy atom. The minimum Gasteiger partial charge on any atom is -0.347 e. The number of carbonyl (C=O) groups is 2. The zero-order chi connectivity index (χ0) is 18.4. The molecule has 4 nitrogen and oxygen atoms in total. The third-order valence-electron chi connectivity index (χ3n) is 4.37. The quantitative estimate of drug-likeness (QED) is 0.623. The van der Waals surface area contributed by atoms with E-state index >= 15 is 0 Å². The van der Waals surface area contributed by atoms with Crippen LogP contribution in [0, 0.1) is 6.92 Å². The molecule has 132 valence electrons. The molecule has 0 saturated carbocycles. The van der Waals surface area contributed by atoms with Gasteiger partial charge in [-0.15, -0.1) is 0 Å². The number of Topliss-reactive ketones (excluding diaryl/α,β-unsaturated/α-hetero) is 1. The van der Waals surface area contributed by atoms with E-state index in [1.807, 2.05) is 38.1 Å². The van der Waals surface area contributed by atoms with Crippen LogP contribution in [0.25, 0.3) is 0 Å². The molecule has 4 heteroatoms. The smallest absolute Gasteiger partial charge is 0.292 e. The standard InChI is InChI=1S/C21H26N2O2/c1-5-16-8-12-17(13-9-16)19(23(3)4)14-22-21(25)20(24)18-10-6-15(2)7-11-18/h6-13,19H,5,14H2,1-4H3,(H,22,25). The van der Waals surface area contributed by atoms with E-state index in [1.54, 1.807) is 12.1 Å². The highest BCUT2D eigenvalue weighted by molar-refractivity contribution is 6.42. The second-order valence-electron chi connectivity index (χ2n) is 6.48. The lowest BCUT2D eigenvalue weighted by Gasteiger charge is -2.25. The van der Waals surface area contributed by atoms with E-state index in [0.717, 1.165) is 17.5 Å². The molecule has 0 bridgehead atoms. The number of nitrogens with zero attached hydrogens (tertiary/aromatic N) is 1. The van der Waals surface area contributed by atoms with E-state index in [-0.39, 0.29) is 6.04 Å². The number of likely N-dealkylation sites (N-methyl/N-ethyl adjacent to an activating group) is 1. The van der Waals surface area contributed by atoms with Crippen molar-refractivity contribution in [3.05, 3.63) is 70.8 Å². The van der Waals surface area contributed by atoms with Crippen molar-refractivity contribution in [2.45, 2.75) is 26.3 Å². The number of carbonyl (C=O) groups excluding carboxylic acids is 2. The van der Waals surface area contributed by atoms with Crippen LogP contribution in [0.2, 0.25) is 0 Å². The molecule has 0 heterocycles. The van der Waals surface area contributed by atoms with Crippen LogP contribution in [0.3, 0.4) is 0 Å². The number of hydrogen-bond acceptors (Lipinski definition) is 3. The average molecular weight is 338 g/mol. The van der Waals surface area contributed by atoms with Crippen molar-refractivity contribution in [1.82, 2.24) is 10.2 Å². The van der Waals surface area contributed by atoms with Gasteiger partial charge in [-0.2, -0.15) is 0 Å². The van der Waals surface area contributed by atoms with Crippen molar-refractivity contribution >= 4 is 11.7 Å². The summed E-state index contributed by atoms with van der Waals surface area (Å²) < 4.78 is 0. The maximum absolute atomic E-state index is 12.2. The molecule has 0 spiro atoms. The Bertz CT molecular complexity index is 719. The van der Waals surface area contributed by atoms with Crippen LogP contribution >= 0.6 is 0 Å². The minimum atomic E-state index is -0.569. The molecule has 0 aliphatic rings. The Balaban J connectivity index is 2.03. The molecule has 0 aliphatic carbocycles. The number of nitrogens with one attached hydrogen (secondary N) is 1. The summed E-state index contributed by atoms with van der Waals surface area (Å²) in [5.41, 5.74) is 3.86. The van der Waals surface area contributed by atoms with Crippen LogP contribution in [-0.4, -0.2) is 37.2 Å². The van der Waals surface area contributed by atoms with Crippen molar-refractivity contribution in [2.75, 3.05) is 20.6 Å². The van der Waals surface area contributed by atoms with Gasteiger partial charge in [0.25, 0.3) is 5.91 Å². The van der Waals surface area contributed by atoms with Crippen LogP contribution in [0.5, 0.6) is 0 Å². The van der Waals surface area contributed by atoms with Crippen LogP contribution in [0.4, 0.5) is 0 Å². The zero-order valence-corrected chi connectivity index (χ0v) is 15.4. The van der Waals surface area contributed by atoms with Gasteiger partial charge in [0.2, 0.25) is 5.78 Å². The van der Waals surface area contributed by atoms with Gasteiger partial charge in [-0.1, -0.05) is 61.0 Å². The summed E-state index contributed by atoms with van der Waals surface area (Å²) in [6, 6.07) is 15.4. The monoisotopic (exact) mass is 338 g/mol. The molecule has 0 aliphatic heterocycles. The third-order valence-corrected chi connectivity index (χ3v) is 4.37. The largest absolute Gasteiger partial charge is 0.347 e. The number of hydrogen-bond donors (Lipinski definition) is 1. The van der Waals surface area contributed by atoms with Gasteiger partial charge in [-0.05, 0) is 38.6 Å². The summed E-state index contributed by atoms with van der Waals surface area (Å²) in [6.07, 6.45) is 0.995. The summed E-state index contributed by atoms with van der Waals surface area (Å²) in [4.78, 5) is 26.5. The lowest BCUT2D eigenvalue weighted by atomic mass is 10.0. The van der Waals surface area contributed by atoms with E-state index in [2.05, 4.69) is 36.5 Å². The van der Waals surface area contributed by atoms with Gasteiger partial charge in [-0.3, -0.25) is 9.59 Å². The molecule has 1 N–H and O–H groups in total. The highest BCUT2D eigenvalue weighted by atomic mass is 16.2. The number of benzene rings is 2. The first-order chi connectivity index (χ1) is 11.9. The van der Waals surface area contributed by atoms with E-state index in [0.29, 0.717) is 12.1 Å². The molecule has 1 atom stereocenters. The molecular formula is C21H26N2O2. The molecule has 2 rings (SSSR count).